The number of rotatable bonds is 0. The van der Waals surface area contributed by atoms with Crippen LogP contribution in [0, 0.1) is 17.3 Å². The fourth-order valence-electron chi connectivity index (χ4n) is 7.66. The fraction of sp³-hybridized carbons (Fsp3) is 0.714. The molecular weight excluding hydrogens is 380 g/mol. The van der Waals surface area contributed by atoms with Crippen LogP contribution in [0.15, 0.2) is 48.1 Å². The third-order valence-electron chi connectivity index (χ3n) is 8.70. The van der Waals surface area contributed by atoms with E-state index in [9.17, 15) is 5.11 Å². The maximum Gasteiger partial charge on any atom is 0.0707 e. The number of nitrogens with zero attached hydrogens (tertiary/aromatic N) is 2. The third-order valence-corrected chi connectivity index (χ3v) is 8.70. The summed E-state index contributed by atoms with van der Waals surface area (Å²) in [4.78, 5) is 5.49. The van der Waals surface area contributed by atoms with Gasteiger partial charge in [-0.1, -0.05) is 48.1 Å². The van der Waals surface area contributed by atoms with Crippen molar-refractivity contribution in [3.8, 4) is 0 Å². The molecule has 6 bridgehead atoms. The van der Waals surface area contributed by atoms with Crippen LogP contribution in [0.25, 0.3) is 0 Å². The van der Waals surface area contributed by atoms with Crippen molar-refractivity contribution >= 4 is 0 Å². The van der Waals surface area contributed by atoms with Crippen molar-refractivity contribution in [1.82, 2.24) is 9.80 Å². The predicted octanol–water partition coefficient (Wildman–Crippen LogP) is 5.10. The highest BCUT2D eigenvalue weighted by Gasteiger charge is 2.61. The zero-order chi connectivity index (χ0) is 21.1. The molecule has 7 atom stereocenters. The van der Waals surface area contributed by atoms with E-state index < -0.39 is 0 Å². The first-order valence-corrected chi connectivity index (χ1v) is 13.1. The lowest BCUT2D eigenvalue weighted by molar-refractivity contribution is -0.159. The first-order valence-electron chi connectivity index (χ1n) is 13.1. The van der Waals surface area contributed by atoms with Crippen molar-refractivity contribution in [3.05, 3.63) is 48.1 Å². The minimum Gasteiger partial charge on any atom is -0.391 e. The van der Waals surface area contributed by atoms with Gasteiger partial charge < -0.3 is 10.0 Å². The van der Waals surface area contributed by atoms with Gasteiger partial charge in [-0.2, -0.15) is 0 Å². The zero-order valence-corrected chi connectivity index (χ0v) is 19.3. The Morgan fingerprint density at radius 2 is 1.65 bits per heavy atom. The molecule has 6 rings (SSSR count). The zero-order valence-electron chi connectivity index (χ0n) is 19.3. The molecule has 6 unspecified atom stereocenters. The van der Waals surface area contributed by atoms with Crippen molar-refractivity contribution in [1.29, 1.82) is 0 Å². The molecule has 0 radical (unpaired) electrons. The Bertz CT molecular complexity index is 737. The van der Waals surface area contributed by atoms with E-state index in [1.54, 1.807) is 5.57 Å². The van der Waals surface area contributed by atoms with Crippen LogP contribution in [0.2, 0.25) is 0 Å². The van der Waals surface area contributed by atoms with Crippen molar-refractivity contribution in [3.63, 3.8) is 0 Å². The number of hydrogen-bond acceptors (Lipinski definition) is 3. The Morgan fingerprint density at radius 1 is 0.839 bits per heavy atom. The van der Waals surface area contributed by atoms with Crippen LogP contribution in [-0.2, 0) is 0 Å². The number of piperidine rings is 2. The SMILES string of the molecule is O[C@@H]1CN2CCC/C=C/C/C=C\CCC3=CC4CN5CCCC/C=C\CCC(C2)(C41)C35. The molecule has 1 spiro atoms. The van der Waals surface area contributed by atoms with Gasteiger partial charge in [0.05, 0.1) is 6.10 Å². The van der Waals surface area contributed by atoms with E-state index in [0.29, 0.717) is 17.9 Å². The smallest absolute Gasteiger partial charge is 0.0707 e. The van der Waals surface area contributed by atoms with Crippen molar-refractivity contribution in [2.75, 3.05) is 32.7 Å². The van der Waals surface area contributed by atoms with Crippen LogP contribution >= 0.6 is 0 Å². The van der Waals surface area contributed by atoms with E-state index in [4.69, 9.17) is 0 Å². The summed E-state index contributed by atoms with van der Waals surface area (Å²) in [6.07, 6.45) is 28.8. The summed E-state index contributed by atoms with van der Waals surface area (Å²) in [5, 5.41) is 11.5. The average molecular weight is 423 g/mol. The molecule has 3 nitrogen and oxygen atoms in total. The summed E-state index contributed by atoms with van der Waals surface area (Å²) in [6.45, 7) is 5.58. The largest absolute Gasteiger partial charge is 0.391 e. The summed E-state index contributed by atoms with van der Waals surface area (Å²) < 4.78 is 0. The van der Waals surface area contributed by atoms with E-state index in [1.807, 2.05) is 0 Å². The van der Waals surface area contributed by atoms with Crippen molar-refractivity contribution < 1.29 is 5.11 Å². The lowest BCUT2D eigenvalue weighted by Crippen LogP contribution is -2.72. The molecule has 2 saturated heterocycles. The highest BCUT2D eigenvalue weighted by molar-refractivity contribution is 5.31. The molecule has 5 aliphatic heterocycles. The number of aliphatic hydroxyl groups is 1. The van der Waals surface area contributed by atoms with Gasteiger partial charge in [-0.05, 0) is 83.2 Å². The van der Waals surface area contributed by atoms with Crippen molar-refractivity contribution in [2.24, 2.45) is 17.3 Å². The van der Waals surface area contributed by atoms with E-state index in [2.05, 4.69) is 52.3 Å². The topological polar surface area (TPSA) is 26.7 Å². The molecule has 3 heteroatoms. The number of aliphatic hydroxyl groups excluding tert-OH is 1. The Kier molecular flexibility index (Phi) is 6.83. The van der Waals surface area contributed by atoms with Crippen LogP contribution in [0.5, 0.6) is 0 Å². The van der Waals surface area contributed by atoms with Crippen LogP contribution in [0.4, 0.5) is 0 Å². The molecule has 6 aliphatic rings. The van der Waals surface area contributed by atoms with E-state index in [1.165, 1.54) is 64.6 Å². The Balaban J connectivity index is 1.54. The molecule has 1 N–H and O–H groups in total. The molecular formula is C28H42N2O. The maximum atomic E-state index is 11.5. The van der Waals surface area contributed by atoms with Gasteiger partial charge in [-0.3, -0.25) is 4.90 Å². The molecule has 2 fully saturated rings. The van der Waals surface area contributed by atoms with Crippen LogP contribution in [0.1, 0.15) is 64.2 Å². The molecule has 5 heterocycles. The van der Waals surface area contributed by atoms with Gasteiger partial charge in [0.25, 0.3) is 0 Å². The monoisotopic (exact) mass is 422 g/mol. The van der Waals surface area contributed by atoms with Crippen LogP contribution in [-0.4, -0.2) is 59.8 Å². The van der Waals surface area contributed by atoms with Gasteiger partial charge in [-0.15, -0.1) is 0 Å². The summed E-state index contributed by atoms with van der Waals surface area (Å²) in [7, 11) is 0. The maximum absolute atomic E-state index is 11.5. The molecule has 31 heavy (non-hydrogen) atoms. The predicted molar refractivity (Wildman–Crippen MR) is 129 cm³/mol. The van der Waals surface area contributed by atoms with E-state index in [0.717, 1.165) is 32.4 Å². The molecule has 0 saturated carbocycles. The van der Waals surface area contributed by atoms with Gasteiger partial charge in [0.1, 0.15) is 0 Å². The standard InChI is InChI=1S/C28H42N2O/c31-25-21-29-17-13-9-5-2-1-3-7-11-15-23-19-24-20-30-18-14-10-6-4-8-12-16-28(22-29,26(24)25)27(23)30/h2-5,7-8,19,24-27,31H,1,6,9-18,20-22H2/b5-2+,7-3-,8-4-/t24?,25-,26?,27?,28?/m1/s1. The normalized spacial score (nSPS) is 46.7. The minimum atomic E-state index is -0.179. The summed E-state index contributed by atoms with van der Waals surface area (Å²) in [6, 6.07) is 0.531. The highest BCUT2D eigenvalue weighted by Crippen LogP contribution is 2.57. The number of allylic oxidation sites excluding steroid dienone is 6. The second kappa shape index (κ2) is 9.77. The Morgan fingerprint density at radius 3 is 2.58 bits per heavy atom. The van der Waals surface area contributed by atoms with Gasteiger partial charge in [-0.25, -0.2) is 0 Å². The Hall–Kier alpha value is -1.16. The quantitative estimate of drug-likeness (QED) is 0.550. The van der Waals surface area contributed by atoms with Crippen LogP contribution < -0.4 is 0 Å². The minimum absolute atomic E-state index is 0.179. The number of hydrogen-bond donors (Lipinski definition) is 1. The molecule has 170 valence electrons. The van der Waals surface area contributed by atoms with Gasteiger partial charge >= 0.3 is 0 Å². The molecule has 0 amide bonds. The molecule has 0 aromatic carbocycles. The summed E-state index contributed by atoms with van der Waals surface area (Å²) in [5.74, 6) is 0.970. The van der Waals surface area contributed by atoms with Crippen molar-refractivity contribution in [2.45, 2.75) is 76.4 Å². The Labute approximate surface area is 189 Å². The summed E-state index contributed by atoms with van der Waals surface area (Å²) >= 11 is 0. The van der Waals surface area contributed by atoms with Gasteiger partial charge in [0.2, 0.25) is 0 Å². The lowest BCUT2D eigenvalue weighted by Gasteiger charge is -2.65. The summed E-state index contributed by atoms with van der Waals surface area (Å²) in [5.41, 5.74) is 1.90. The second-order valence-electron chi connectivity index (χ2n) is 10.7. The first-order chi connectivity index (χ1) is 15.3. The second-order valence-corrected chi connectivity index (χ2v) is 10.7. The van der Waals surface area contributed by atoms with Gasteiger partial charge in [0.15, 0.2) is 0 Å². The van der Waals surface area contributed by atoms with Crippen LogP contribution in [0.3, 0.4) is 0 Å². The first kappa shape index (κ1) is 21.7. The average Bonchev–Trinajstić information content (AvgIpc) is 2.78. The molecule has 0 aromatic rings. The van der Waals surface area contributed by atoms with Gasteiger partial charge in [0, 0.05) is 37.0 Å². The fourth-order valence-corrected chi connectivity index (χ4v) is 7.66. The molecule has 0 aromatic heterocycles. The van der Waals surface area contributed by atoms with E-state index >= 15 is 0 Å². The lowest BCUT2D eigenvalue weighted by atomic mass is 9.51. The molecule has 1 aliphatic carbocycles. The number of fused-ring (bicyclic) bond motifs is 1. The highest BCUT2D eigenvalue weighted by atomic mass is 16.3. The van der Waals surface area contributed by atoms with E-state index in [-0.39, 0.29) is 11.5 Å². The third kappa shape index (κ3) is 4.38.